The minimum absolute atomic E-state index is 0.0298. The molecule has 1 saturated heterocycles. The van der Waals surface area contributed by atoms with Crippen LogP contribution in [0.1, 0.15) is 38.8 Å². The maximum atomic E-state index is 12.3. The van der Waals surface area contributed by atoms with E-state index in [1.54, 1.807) is 4.90 Å². The van der Waals surface area contributed by atoms with Crippen molar-refractivity contribution in [3.63, 3.8) is 0 Å². The number of hydrogen-bond acceptors (Lipinski definition) is 2. The third kappa shape index (κ3) is 3.18. The zero-order valence-corrected chi connectivity index (χ0v) is 12.3. The van der Waals surface area contributed by atoms with Gasteiger partial charge in [-0.2, -0.15) is 0 Å². The van der Waals surface area contributed by atoms with Gasteiger partial charge >= 0.3 is 0 Å². The van der Waals surface area contributed by atoms with Gasteiger partial charge in [0.25, 0.3) is 0 Å². The average Bonchev–Trinajstić information content (AvgIpc) is 2.82. The van der Waals surface area contributed by atoms with Crippen molar-refractivity contribution < 1.29 is 9.59 Å². The smallest absolute Gasteiger partial charge is 0.225 e. The second kappa shape index (κ2) is 6.07. The van der Waals surface area contributed by atoms with Gasteiger partial charge in [-0.05, 0) is 26.3 Å². The van der Waals surface area contributed by atoms with Crippen LogP contribution in [0.25, 0.3) is 0 Å². The molecule has 4 heteroatoms. The molecule has 2 amide bonds. The van der Waals surface area contributed by atoms with E-state index in [9.17, 15) is 9.59 Å². The van der Waals surface area contributed by atoms with Gasteiger partial charge in [-0.15, -0.1) is 0 Å². The monoisotopic (exact) mass is 274 g/mol. The highest BCUT2D eigenvalue weighted by atomic mass is 16.2. The lowest BCUT2D eigenvalue weighted by Crippen LogP contribution is -2.36. The van der Waals surface area contributed by atoms with Crippen molar-refractivity contribution in [1.82, 2.24) is 10.2 Å². The highest BCUT2D eigenvalue weighted by Crippen LogP contribution is 2.21. The Labute approximate surface area is 120 Å². The number of likely N-dealkylation sites (tertiary alicyclic amines) is 1. The molecule has 1 N–H and O–H groups in total. The molecule has 1 aliphatic rings. The Balaban J connectivity index is 1.95. The predicted molar refractivity (Wildman–Crippen MR) is 78.0 cm³/mol. The van der Waals surface area contributed by atoms with Gasteiger partial charge in [0.1, 0.15) is 0 Å². The van der Waals surface area contributed by atoms with Crippen molar-refractivity contribution in [2.24, 2.45) is 5.92 Å². The Morgan fingerprint density at radius 1 is 1.25 bits per heavy atom. The Kier molecular flexibility index (Phi) is 4.42. The normalized spacial score (nSPS) is 20.3. The summed E-state index contributed by atoms with van der Waals surface area (Å²) in [5, 5.41) is 3.00. The third-order valence-electron chi connectivity index (χ3n) is 3.81. The van der Waals surface area contributed by atoms with Crippen LogP contribution in [0.5, 0.6) is 0 Å². The lowest BCUT2D eigenvalue weighted by molar-refractivity contribution is -0.130. The summed E-state index contributed by atoms with van der Waals surface area (Å²) in [6, 6.07) is 9.97. The van der Waals surface area contributed by atoms with Crippen molar-refractivity contribution in [1.29, 1.82) is 0 Å². The first-order valence-corrected chi connectivity index (χ1v) is 7.14. The third-order valence-corrected chi connectivity index (χ3v) is 3.81. The van der Waals surface area contributed by atoms with Crippen LogP contribution in [0, 0.1) is 5.92 Å². The summed E-state index contributed by atoms with van der Waals surface area (Å²) in [5.74, 6) is -0.179. The van der Waals surface area contributed by atoms with Gasteiger partial charge in [0.05, 0.1) is 12.0 Å². The van der Waals surface area contributed by atoms with Gasteiger partial charge < -0.3 is 10.2 Å². The van der Waals surface area contributed by atoms with E-state index in [-0.39, 0.29) is 29.8 Å². The van der Waals surface area contributed by atoms with Crippen molar-refractivity contribution in [2.75, 3.05) is 6.54 Å². The summed E-state index contributed by atoms with van der Waals surface area (Å²) < 4.78 is 0. The molecule has 0 unspecified atom stereocenters. The molecule has 0 bridgehead atoms. The second-order valence-corrected chi connectivity index (χ2v) is 5.68. The van der Waals surface area contributed by atoms with E-state index in [4.69, 9.17) is 0 Å². The molecule has 2 rings (SSSR count). The number of rotatable bonds is 4. The van der Waals surface area contributed by atoms with E-state index >= 15 is 0 Å². The van der Waals surface area contributed by atoms with Gasteiger partial charge in [0.2, 0.25) is 11.8 Å². The van der Waals surface area contributed by atoms with Gasteiger partial charge in [-0.25, -0.2) is 0 Å². The Hall–Kier alpha value is -1.84. The standard InChI is InChI=1S/C16H22N2O2/c1-11(2)18-10-14(9-15(18)19)16(20)17-12(3)13-7-5-4-6-8-13/h4-8,11-12,14H,9-10H2,1-3H3,(H,17,20)/t12-,14-/m0/s1. The molecular formula is C16H22N2O2. The first-order valence-electron chi connectivity index (χ1n) is 7.14. The zero-order chi connectivity index (χ0) is 14.7. The lowest BCUT2D eigenvalue weighted by atomic mass is 10.1. The minimum Gasteiger partial charge on any atom is -0.349 e. The van der Waals surface area contributed by atoms with Crippen LogP contribution in [0.15, 0.2) is 30.3 Å². The molecule has 1 aromatic carbocycles. The van der Waals surface area contributed by atoms with Gasteiger partial charge in [0, 0.05) is 19.0 Å². The maximum Gasteiger partial charge on any atom is 0.225 e. The fraction of sp³-hybridized carbons (Fsp3) is 0.500. The number of nitrogens with one attached hydrogen (secondary N) is 1. The molecule has 0 spiro atoms. The van der Waals surface area contributed by atoms with E-state index in [0.29, 0.717) is 13.0 Å². The minimum atomic E-state index is -0.226. The molecule has 0 aromatic heterocycles. The first-order chi connectivity index (χ1) is 9.49. The summed E-state index contributed by atoms with van der Waals surface area (Å²) >= 11 is 0. The molecule has 1 aromatic rings. The van der Waals surface area contributed by atoms with Gasteiger partial charge in [-0.1, -0.05) is 30.3 Å². The molecule has 108 valence electrons. The van der Waals surface area contributed by atoms with Crippen LogP contribution in [0.3, 0.4) is 0 Å². The molecule has 0 saturated carbocycles. The van der Waals surface area contributed by atoms with Crippen molar-refractivity contribution in [3.8, 4) is 0 Å². The van der Waals surface area contributed by atoms with Crippen molar-refractivity contribution in [3.05, 3.63) is 35.9 Å². The second-order valence-electron chi connectivity index (χ2n) is 5.68. The molecule has 2 atom stereocenters. The molecule has 1 heterocycles. The van der Waals surface area contributed by atoms with Crippen LogP contribution in [0.4, 0.5) is 0 Å². The number of nitrogens with zero attached hydrogens (tertiary/aromatic N) is 1. The largest absolute Gasteiger partial charge is 0.349 e. The van der Waals surface area contributed by atoms with Crippen LogP contribution < -0.4 is 5.32 Å². The molecular weight excluding hydrogens is 252 g/mol. The lowest BCUT2D eigenvalue weighted by Gasteiger charge is -2.21. The number of carbonyl (C=O) groups excluding carboxylic acids is 2. The average molecular weight is 274 g/mol. The van der Waals surface area contributed by atoms with Crippen molar-refractivity contribution in [2.45, 2.75) is 39.3 Å². The maximum absolute atomic E-state index is 12.3. The van der Waals surface area contributed by atoms with E-state index < -0.39 is 0 Å². The molecule has 0 radical (unpaired) electrons. The first kappa shape index (κ1) is 14.6. The van der Waals surface area contributed by atoms with Crippen molar-refractivity contribution >= 4 is 11.8 Å². The quantitative estimate of drug-likeness (QED) is 0.914. The number of amides is 2. The highest BCUT2D eigenvalue weighted by Gasteiger charge is 2.35. The molecule has 20 heavy (non-hydrogen) atoms. The molecule has 1 fully saturated rings. The zero-order valence-electron chi connectivity index (χ0n) is 12.3. The highest BCUT2D eigenvalue weighted by molar-refractivity contribution is 5.89. The fourth-order valence-electron chi connectivity index (χ4n) is 2.56. The SMILES string of the molecule is CC(C)N1C[C@@H](C(=O)N[C@@H](C)c2ccccc2)CC1=O. The predicted octanol–water partition coefficient (Wildman–Crippen LogP) is 2.12. The Morgan fingerprint density at radius 2 is 1.90 bits per heavy atom. The van der Waals surface area contributed by atoms with Crippen LogP contribution in [-0.4, -0.2) is 29.3 Å². The molecule has 0 aliphatic carbocycles. The number of benzene rings is 1. The fourth-order valence-corrected chi connectivity index (χ4v) is 2.56. The summed E-state index contributed by atoms with van der Waals surface area (Å²) in [7, 11) is 0. The van der Waals surface area contributed by atoms with E-state index in [0.717, 1.165) is 5.56 Å². The van der Waals surface area contributed by atoms with Crippen LogP contribution in [-0.2, 0) is 9.59 Å². The summed E-state index contributed by atoms with van der Waals surface area (Å²) in [4.78, 5) is 25.9. The van der Waals surface area contributed by atoms with Gasteiger partial charge in [0.15, 0.2) is 0 Å². The van der Waals surface area contributed by atoms with E-state index in [1.807, 2.05) is 51.1 Å². The molecule has 4 nitrogen and oxygen atoms in total. The van der Waals surface area contributed by atoms with E-state index in [1.165, 1.54) is 0 Å². The topological polar surface area (TPSA) is 49.4 Å². The Morgan fingerprint density at radius 3 is 2.45 bits per heavy atom. The summed E-state index contributed by atoms with van der Waals surface area (Å²) in [6.45, 7) is 6.45. The van der Waals surface area contributed by atoms with Gasteiger partial charge in [-0.3, -0.25) is 9.59 Å². The number of hydrogen-bond donors (Lipinski definition) is 1. The summed E-state index contributed by atoms with van der Waals surface area (Å²) in [6.07, 6.45) is 0.325. The summed E-state index contributed by atoms with van der Waals surface area (Å²) in [5.41, 5.74) is 1.07. The molecule has 1 aliphatic heterocycles. The van der Waals surface area contributed by atoms with Crippen LogP contribution in [0.2, 0.25) is 0 Å². The Bertz CT molecular complexity index is 485. The van der Waals surface area contributed by atoms with E-state index in [2.05, 4.69) is 5.32 Å². The number of carbonyl (C=O) groups is 2. The van der Waals surface area contributed by atoms with Crippen LogP contribution >= 0.6 is 0 Å².